The van der Waals surface area contributed by atoms with Gasteiger partial charge in [0.25, 0.3) is 0 Å². The number of esters is 1. The summed E-state index contributed by atoms with van der Waals surface area (Å²) < 4.78 is 10.4. The van der Waals surface area contributed by atoms with Gasteiger partial charge in [-0.3, -0.25) is 9.78 Å². The third-order valence-electron chi connectivity index (χ3n) is 6.33. The Kier molecular flexibility index (Phi) is 8.26. The number of carbonyl (C=O) groups is 2. The van der Waals surface area contributed by atoms with Crippen LogP contribution in [0, 0.1) is 6.92 Å². The Morgan fingerprint density at radius 1 is 1.22 bits per heavy atom. The van der Waals surface area contributed by atoms with Gasteiger partial charge in [0.2, 0.25) is 5.91 Å². The molecular formula is C27H30ClN3O4S. The lowest BCUT2D eigenvalue weighted by Gasteiger charge is -2.27. The monoisotopic (exact) mass is 527 g/mol. The molecule has 0 radical (unpaired) electrons. The molecule has 0 bridgehead atoms. The Balaban J connectivity index is 1.55. The Labute approximate surface area is 220 Å². The summed E-state index contributed by atoms with van der Waals surface area (Å²) in [5, 5.41) is 1.41. The molecule has 1 amide bonds. The number of methoxy groups -OCH3 is 1. The molecule has 0 atom stereocenters. The number of hydrogen-bond donors (Lipinski definition) is 0. The zero-order valence-electron chi connectivity index (χ0n) is 20.8. The minimum atomic E-state index is -0.626. The number of ether oxygens (including phenoxy) is 2. The summed E-state index contributed by atoms with van der Waals surface area (Å²) in [5.41, 5.74) is 1.58. The molecule has 36 heavy (non-hydrogen) atoms. The van der Waals surface area contributed by atoms with Crippen LogP contribution in [0.3, 0.4) is 0 Å². The number of carbonyl (C=O) groups excluding carboxylic acids is 2. The average Bonchev–Trinajstić information content (AvgIpc) is 3.60. The molecule has 0 unspecified atom stereocenters. The van der Waals surface area contributed by atoms with Crippen LogP contribution in [0.5, 0.6) is 5.75 Å². The maximum Gasteiger partial charge on any atom is 0.358 e. The number of hydrogen-bond acceptors (Lipinski definition) is 7. The van der Waals surface area contributed by atoms with Crippen molar-refractivity contribution >= 4 is 34.8 Å². The van der Waals surface area contributed by atoms with Crippen molar-refractivity contribution in [3.63, 3.8) is 0 Å². The molecule has 1 fully saturated rings. The van der Waals surface area contributed by atoms with E-state index < -0.39 is 11.4 Å². The van der Waals surface area contributed by atoms with E-state index in [1.807, 2.05) is 48.2 Å². The minimum Gasteiger partial charge on any atom is -0.495 e. The molecule has 3 aromatic rings. The summed E-state index contributed by atoms with van der Waals surface area (Å²) in [4.78, 5) is 37.9. The van der Waals surface area contributed by atoms with E-state index in [4.69, 9.17) is 21.1 Å². The molecule has 4 rings (SSSR count). The Morgan fingerprint density at radius 3 is 2.67 bits per heavy atom. The smallest absolute Gasteiger partial charge is 0.358 e. The number of amides is 1. The third-order valence-corrected chi connectivity index (χ3v) is 7.52. The standard InChI is InChI=1S/C27H30ClN3O4S/c1-4-35-25(32)24-18(2)36-23(30-24)17-31(14-6-8-19-7-5-9-20(28)15-19)26(33)27(12-13-27)22-11-10-21(34-3)16-29-22/h5,7,9-11,15-16H,4,6,8,12-14,17H2,1-3H3. The second-order valence-corrected chi connectivity index (χ2v) is 10.6. The van der Waals surface area contributed by atoms with Crippen molar-refractivity contribution in [1.82, 2.24) is 14.9 Å². The highest BCUT2D eigenvalue weighted by Crippen LogP contribution is 2.49. The molecule has 0 saturated heterocycles. The number of thiazole rings is 1. The van der Waals surface area contributed by atoms with Gasteiger partial charge in [0, 0.05) is 16.4 Å². The van der Waals surface area contributed by atoms with Crippen molar-refractivity contribution < 1.29 is 19.1 Å². The SMILES string of the molecule is CCOC(=O)c1nc(CN(CCCc2cccc(Cl)c2)C(=O)C2(c3ccc(OC)cn3)CC2)sc1C. The first-order valence-electron chi connectivity index (χ1n) is 12.0. The number of rotatable bonds is 11. The van der Waals surface area contributed by atoms with Crippen molar-refractivity contribution in [3.05, 3.63) is 74.5 Å². The normalized spacial score (nSPS) is 13.8. The molecule has 1 aromatic carbocycles. The van der Waals surface area contributed by atoms with Crippen LogP contribution in [0.15, 0.2) is 42.6 Å². The Hall–Kier alpha value is -2.97. The zero-order chi connectivity index (χ0) is 25.7. The van der Waals surface area contributed by atoms with Crippen LogP contribution in [-0.2, 0) is 27.9 Å². The highest BCUT2D eigenvalue weighted by atomic mass is 35.5. The molecule has 1 saturated carbocycles. The van der Waals surface area contributed by atoms with Gasteiger partial charge >= 0.3 is 5.97 Å². The number of pyridine rings is 1. The first-order valence-corrected chi connectivity index (χ1v) is 13.2. The maximum atomic E-state index is 13.9. The summed E-state index contributed by atoms with van der Waals surface area (Å²) in [6.07, 6.45) is 4.72. The molecule has 2 heterocycles. The molecule has 1 aliphatic rings. The summed E-state index contributed by atoms with van der Waals surface area (Å²) in [6.45, 7) is 4.79. The second-order valence-electron chi connectivity index (χ2n) is 8.86. The fourth-order valence-corrected chi connectivity index (χ4v) is 5.43. The highest BCUT2D eigenvalue weighted by Gasteiger charge is 2.54. The fourth-order valence-electron chi connectivity index (χ4n) is 4.28. The van der Waals surface area contributed by atoms with Gasteiger partial charge in [0.15, 0.2) is 5.69 Å². The summed E-state index contributed by atoms with van der Waals surface area (Å²) >= 11 is 7.56. The molecule has 0 aliphatic heterocycles. The van der Waals surface area contributed by atoms with E-state index in [0.29, 0.717) is 34.6 Å². The summed E-state index contributed by atoms with van der Waals surface area (Å²) in [7, 11) is 1.59. The van der Waals surface area contributed by atoms with E-state index in [1.165, 1.54) is 11.3 Å². The summed E-state index contributed by atoms with van der Waals surface area (Å²) in [5.74, 6) is 0.263. The fraction of sp³-hybridized carbons (Fsp3) is 0.407. The first-order chi connectivity index (χ1) is 17.4. The largest absolute Gasteiger partial charge is 0.495 e. The summed E-state index contributed by atoms with van der Waals surface area (Å²) in [6, 6.07) is 11.5. The average molecular weight is 528 g/mol. The lowest BCUT2D eigenvalue weighted by molar-refractivity contribution is -0.134. The van der Waals surface area contributed by atoms with E-state index in [0.717, 1.165) is 41.8 Å². The third kappa shape index (κ3) is 5.87. The first kappa shape index (κ1) is 26.1. The van der Waals surface area contributed by atoms with E-state index in [-0.39, 0.29) is 12.5 Å². The van der Waals surface area contributed by atoms with Crippen LogP contribution < -0.4 is 4.74 Å². The molecule has 0 spiro atoms. The van der Waals surface area contributed by atoms with Gasteiger partial charge in [-0.2, -0.15) is 0 Å². The molecule has 0 N–H and O–H groups in total. The Morgan fingerprint density at radius 2 is 2.03 bits per heavy atom. The molecule has 9 heteroatoms. The van der Waals surface area contributed by atoms with Crippen molar-refractivity contribution in [3.8, 4) is 5.75 Å². The number of aryl methyl sites for hydroxylation is 2. The van der Waals surface area contributed by atoms with Crippen LogP contribution in [0.25, 0.3) is 0 Å². The molecule has 1 aliphatic carbocycles. The van der Waals surface area contributed by atoms with Gasteiger partial charge in [-0.15, -0.1) is 11.3 Å². The van der Waals surface area contributed by atoms with Crippen LogP contribution in [0.1, 0.15) is 57.8 Å². The van der Waals surface area contributed by atoms with E-state index in [2.05, 4.69) is 9.97 Å². The zero-order valence-corrected chi connectivity index (χ0v) is 22.3. The van der Waals surface area contributed by atoms with Gasteiger partial charge < -0.3 is 14.4 Å². The van der Waals surface area contributed by atoms with Crippen LogP contribution in [0.4, 0.5) is 0 Å². The lowest BCUT2D eigenvalue weighted by atomic mass is 9.99. The van der Waals surface area contributed by atoms with Gasteiger partial charge in [-0.05, 0) is 69.4 Å². The van der Waals surface area contributed by atoms with E-state index >= 15 is 0 Å². The van der Waals surface area contributed by atoms with Crippen molar-refractivity contribution in [1.29, 1.82) is 0 Å². The molecular weight excluding hydrogens is 498 g/mol. The van der Waals surface area contributed by atoms with E-state index in [1.54, 1.807) is 20.2 Å². The van der Waals surface area contributed by atoms with Gasteiger partial charge in [-0.1, -0.05) is 23.7 Å². The van der Waals surface area contributed by atoms with Crippen LogP contribution in [-0.4, -0.2) is 47.0 Å². The molecule has 2 aromatic heterocycles. The van der Waals surface area contributed by atoms with Gasteiger partial charge in [0.05, 0.1) is 37.6 Å². The number of nitrogens with zero attached hydrogens (tertiary/aromatic N) is 3. The minimum absolute atomic E-state index is 0.0387. The predicted octanol–water partition coefficient (Wildman–Crippen LogP) is 5.38. The predicted molar refractivity (Wildman–Crippen MR) is 140 cm³/mol. The quantitative estimate of drug-likeness (QED) is 0.311. The lowest BCUT2D eigenvalue weighted by Crippen LogP contribution is -2.40. The number of benzene rings is 1. The molecule has 7 nitrogen and oxygen atoms in total. The van der Waals surface area contributed by atoms with Crippen molar-refractivity contribution in [2.45, 2.75) is 51.5 Å². The topological polar surface area (TPSA) is 81.6 Å². The number of aromatic nitrogens is 2. The van der Waals surface area contributed by atoms with Crippen LogP contribution >= 0.6 is 22.9 Å². The second kappa shape index (κ2) is 11.4. The van der Waals surface area contributed by atoms with Crippen molar-refractivity contribution in [2.24, 2.45) is 0 Å². The van der Waals surface area contributed by atoms with Crippen molar-refractivity contribution in [2.75, 3.05) is 20.3 Å². The van der Waals surface area contributed by atoms with Crippen LogP contribution in [0.2, 0.25) is 5.02 Å². The molecule has 190 valence electrons. The maximum absolute atomic E-state index is 13.9. The number of halogens is 1. The van der Waals surface area contributed by atoms with Gasteiger partial charge in [-0.25, -0.2) is 9.78 Å². The van der Waals surface area contributed by atoms with E-state index in [9.17, 15) is 9.59 Å². The van der Waals surface area contributed by atoms with Gasteiger partial charge in [0.1, 0.15) is 10.8 Å². The highest BCUT2D eigenvalue weighted by molar-refractivity contribution is 7.11. The Bertz CT molecular complexity index is 1220.